The zero-order chi connectivity index (χ0) is 12.3. The van der Waals surface area contributed by atoms with Crippen LogP contribution in [0.25, 0.3) is 6.08 Å². The molecule has 1 aromatic rings. The van der Waals surface area contributed by atoms with Crippen molar-refractivity contribution in [2.45, 2.75) is 26.7 Å². The molecule has 0 saturated heterocycles. The number of rotatable bonds is 2. The fourth-order valence-corrected chi connectivity index (χ4v) is 1.85. The van der Waals surface area contributed by atoms with Crippen LogP contribution < -0.4 is 0 Å². The van der Waals surface area contributed by atoms with Crippen LogP contribution >= 0.6 is 0 Å². The summed E-state index contributed by atoms with van der Waals surface area (Å²) in [6.45, 7) is 6.58. The molecule has 1 nitrogen and oxygen atoms in total. The number of pyridine rings is 1. The van der Waals surface area contributed by atoms with Crippen LogP contribution in [0.2, 0.25) is 0 Å². The van der Waals surface area contributed by atoms with Crippen molar-refractivity contribution in [1.82, 2.24) is 4.98 Å². The summed E-state index contributed by atoms with van der Waals surface area (Å²) in [5, 5.41) is 0. The molecule has 1 aliphatic carbocycles. The molecule has 1 aliphatic rings. The van der Waals surface area contributed by atoms with Gasteiger partial charge in [-0.3, -0.25) is 4.98 Å². The van der Waals surface area contributed by atoms with Crippen molar-refractivity contribution >= 4 is 6.08 Å². The molecule has 0 radical (unpaired) electrons. The zero-order valence-electron chi connectivity index (χ0n) is 10.7. The second-order valence-electron chi connectivity index (χ2n) is 4.85. The van der Waals surface area contributed by atoms with Crippen LogP contribution in [0, 0.1) is 5.92 Å². The Morgan fingerprint density at radius 1 is 1.24 bits per heavy atom. The normalized spacial score (nSPS) is 21.4. The second kappa shape index (κ2) is 5.13. The summed E-state index contributed by atoms with van der Waals surface area (Å²) in [7, 11) is 0. The molecule has 1 aromatic heterocycles. The van der Waals surface area contributed by atoms with Crippen LogP contribution in [0.5, 0.6) is 0 Å². The Hall–Kier alpha value is -1.63. The van der Waals surface area contributed by atoms with Gasteiger partial charge in [-0.25, -0.2) is 0 Å². The molecule has 1 atom stereocenters. The Balaban J connectivity index is 2.21. The summed E-state index contributed by atoms with van der Waals surface area (Å²) in [6.07, 6.45) is 12.7. The van der Waals surface area contributed by atoms with Crippen LogP contribution in [0.3, 0.4) is 0 Å². The summed E-state index contributed by atoms with van der Waals surface area (Å²) in [6, 6.07) is 4.26. The lowest BCUT2D eigenvalue weighted by Gasteiger charge is -2.11. The first-order valence-corrected chi connectivity index (χ1v) is 6.19. The predicted molar refractivity (Wildman–Crippen MR) is 73.7 cm³/mol. The molecule has 2 rings (SSSR count). The Labute approximate surface area is 104 Å². The molecule has 0 aliphatic heterocycles. The van der Waals surface area contributed by atoms with Crippen LogP contribution in [0.4, 0.5) is 0 Å². The van der Waals surface area contributed by atoms with Crippen molar-refractivity contribution in [3.8, 4) is 0 Å². The molecule has 0 saturated carbocycles. The minimum Gasteiger partial charge on any atom is -0.257 e. The van der Waals surface area contributed by atoms with Gasteiger partial charge in [-0.05, 0) is 35.1 Å². The molecular formula is C16H19N. The SMILES string of the molecule is CC1C=CC=C/C1=C\c1ccc(C(C)C)cn1. The van der Waals surface area contributed by atoms with Gasteiger partial charge >= 0.3 is 0 Å². The van der Waals surface area contributed by atoms with E-state index in [0.717, 1.165) is 5.69 Å². The van der Waals surface area contributed by atoms with Gasteiger partial charge in [-0.2, -0.15) is 0 Å². The summed E-state index contributed by atoms with van der Waals surface area (Å²) in [5.74, 6) is 1.02. The molecule has 0 spiro atoms. The fourth-order valence-electron chi connectivity index (χ4n) is 1.85. The van der Waals surface area contributed by atoms with E-state index >= 15 is 0 Å². The Morgan fingerprint density at radius 2 is 2.06 bits per heavy atom. The van der Waals surface area contributed by atoms with Crippen molar-refractivity contribution in [3.63, 3.8) is 0 Å². The van der Waals surface area contributed by atoms with Crippen LogP contribution in [-0.2, 0) is 0 Å². The van der Waals surface area contributed by atoms with E-state index in [2.05, 4.69) is 68.3 Å². The Morgan fingerprint density at radius 3 is 2.65 bits per heavy atom. The van der Waals surface area contributed by atoms with Gasteiger partial charge in [-0.15, -0.1) is 0 Å². The second-order valence-corrected chi connectivity index (χ2v) is 4.85. The van der Waals surface area contributed by atoms with Gasteiger partial charge < -0.3 is 0 Å². The topological polar surface area (TPSA) is 12.9 Å². The number of hydrogen-bond donors (Lipinski definition) is 0. The third kappa shape index (κ3) is 2.94. The van der Waals surface area contributed by atoms with E-state index in [9.17, 15) is 0 Å². The monoisotopic (exact) mass is 225 g/mol. The van der Waals surface area contributed by atoms with Crippen LogP contribution in [-0.4, -0.2) is 4.98 Å². The van der Waals surface area contributed by atoms with Gasteiger partial charge in [0.2, 0.25) is 0 Å². The summed E-state index contributed by atoms with van der Waals surface area (Å²) in [5.41, 5.74) is 3.65. The predicted octanol–water partition coefficient (Wildman–Crippen LogP) is 4.35. The summed E-state index contributed by atoms with van der Waals surface area (Å²) < 4.78 is 0. The number of nitrogens with zero attached hydrogens (tertiary/aromatic N) is 1. The number of aromatic nitrogens is 1. The maximum absolute atomic E-state index is 4.49. The van der Waals surface area contributed by atoms with Gasteiger partial charge in [0.1, 0.15) is 0 Å². The average Bonchev–Trinajstić information content (AvgIpc) is 2.33. The molecule has 0 N–H and O–H groups in total. The molecule has 17 heavy (non-hydrogen) atoms. The highest BCUT2D eigenvalue weighted by atomic mass is 14.7. The molecule has 0 bridgehead atoms. The quantitative estimate of drug-likeness (QED) is 0.729. The van der Waals surface area contributed by atoms with E-state index < -0.39 is 0 Å². The fraction of sp³-hybridized carbons (Fsp3) is 0.312. The van der Waals surface area contributed by atoms with Gasteiger partial charge in [-0.1, -0.05) is 51.1 Å². The molecule has 1 heterocycles. The van der Waals surface area contributed by atoms with E-state index in [1.54, 1.807) is 0 Å². The van der Waals surface area contributed by atoms with E-state index in [4.69, 9.17) is 0 Å². The van der Waals surface area contributed by atoms with E-state index in [1.165, 1.54) is 11.1 Å². The van der Waals surface area contributed by atoms with Crippen molar-refractivity contribution in [1.29, 1.82) is 0 Å². The van der Waals surface area contributed by atoms with Crippen LogP contribution in [0.15, 0.2) is 48.2 Å². The molecule has 0 aromatic carbocycles. The summed E-state index contributed by atoms with van der Waals surface area (Å²) >= 11 is 0. The molecule has 1 heteroatoms. The Bertz CT molecular complexity index is 461. The third-order valence-electron chi connectivity index (χ3n) is 3.12. The summed E-state index contributed by atoms with van der Waals surface area (Å²) in [4.78, 5) is 4.49. The standard InChI is InChI=1S/C16H19N/c1-12(2)15-8-9-16(17-11-15)10-14-7-5-4-6-13(14)3/h4-13H,1-3H3/b14-10+. The molecule has 0 amide bonds. The lowest BCUT2D eigenvalue weighted by Crippen LogP contribution is -1.97. The van der Waals surface area contributed by atoms with Crippen LogP contribution in [0.1, 0.15) is 37.9 Å². The van der Waals surface area contributed by atoms with E-state index in [1.807, 2.05) is 6.20 Å². The third-order valence-corrected chi connectivity index (χ3v) is 3.12. The zero-order valence-corrected chi connectivity index (χ0v) is 10.7. The minimum atomic E-state index is 0.478. The average molecular weight is 225 g/mol. The number of hydrogen-bond acceptors (Lipinski definition) is 1. The largest absolute Gasteiger partial charge is 0.257 e. The highest BCUT2D eigenvalue weighted by molar-refractivity contribution is 5.55. The maximum atomic E-state index is 4.49. The highest BCUT2D eigenvalue weighted by Crippen LogP contribution is 2.21. The smallest absolute Gasteiger partial charge is 0.0632 e. The van der Waals surface area contributed by atoms with Gasteiger partial charge in [0.25, 0.3) is 0 Å². The molecule has 0 fully saturated rings. The first-order chi connectivity index (χ1) is 8.16. The minimum absolute atomic E-state index is 0.478. The van der Waals surface area contributed by atoms with Gasteiger partial charge in [0.15, 0.2) is 0 Å². The van der Waals surface area contributed by atoms with Crippen molar-refractivity contribution in [2.75, 3.05) is 0 Å². The van der Waals surface area contributed by atoms with Gasteiger partial charge in [0.05, 0.1) is 5.69 Å². The van der Waals surface area contributed by atoms with Crippen molar-refractivity contribution < 1.29 is 0 Å². The highest BCUT2D eigenvalue weighted by Gasteiger charge is 2.05. The molecule has 88 valence electrons. The lowest BCUT2D eigenvalue weighted by molar-refractivity contribution is 0.856. The number of allylic oxidation sites excluding steroid dienone is 5. The molecule has 1 unspecified atom stereocenters. The maximum Gasteiger partial charge on any atom is 0.0632 e. The van der Waals surface area contributed by atoms with E-state index in [-0.39, 0.29) is 0 Å². The van der Waals surface area contributed by atoms with Crippen molar-refractivity contribution in [3.05, 3.63) is 59.5 Å². The lowest BCUT2D eigenvalue weighted by atomic mass is 9.95. The first kappa shape index (κ1) is 11.8. The van der Waals surface area contributed by atoms with Gasteiger partial charge in [0, 0.05) is 6.20 Å². The Kier molecular flexibility index (Phi) is 3.58. The first-order valence-electron chi connectivity index (χ1n) is 6.19. The van der Waals surface area contributed by atoms with E-state index in [0.29, 0.717) is 11.8 Å². The van der Waals surface area contributed by atoms with Crippen molar-refractivity contribution in [2.24, 2.45) is 5.92 Å². The molecular weight excluding hydrogens is 206 g/mol.